The van der Waals surface area contributed by atoms with Crippen molar-refractivity contribution in [2.24, 2.45) is 5.92 Å². The van der Waals surface area contributed by atoms with E-state index in [9.17, 15) is 4.79 Å². The van der Waals surface area contributed by atoms with E-state index in [-0.39, 0.29) is 5.92 Å². The molecule has 2 fully saturated rings. The molecule has 0 unspecified atom stereocenters. The molecule has 0 aliphatic heterocycles. The molecule has 0 atom stereocenters. The predicted molar refractivity (Wildman–Crippen MR) is 86.5 cm³/mol. The van der Waals surface area contributed by atoms with Crippen molar-refractivity contribution in [3.63, 3.8) is 0 Å². The highest BCUT2D eigenvalue weighted by Gasteiger charge is 2.19. The van der Waals surface area contributed by atoms with Gasteiger partial charge in [-0.05, 0) is 37.2 Å². The molecule has 1 aromatic rings. The predicted octanol–water partition coefficient (Wildman–Crippen LogP) is 5.39. The lowest BCUT2D eigenvalue weighted by Crippen LogP contribution is -2.16. The van der Waals surface area contributed by atoms with Gasteiger partial charge < -0.3 is 5.11 Å². The van der Waals surface area contributed by atoms with Gasteiger partial charge in [0, 0.05) is 0 Å². The maximum Gasteiger partial charge on any atom is 0.306 e. The Hall–Kier alpha value is -1.31. The van der Waals surface area contributed by atoms with E-state index in [1.54, 1.807) is 5.56 Å². The Labute approximate surface area is 128 Å². The molecule has 1 aromatic carbocycles. The van der Waals surface area contributed by atoms with Crippen molar-refractivity contribution in [2.45, 2.75) is 70.1 Å². The van der Waals surface area contributed by atoms with Crippen LogP contribution in [-0.2, 0) is 4.79 Å². The van der Waals surface area contributed by atoms with Gasteiger partial charge in [-0.2, -0.15) is 0 Å². The normalized spacial score (nSPS) is 20.4. The highest BCUT2D eigenvalue weighted by atomic mass is 16.4. The lowest BCUT2D eigenvalue weighted by molar-refractivity contribution is -0.142. The molecule has 2 nitrogen and oxygen atoms in total. The molecule has 0 saturated heterocycles. The van der Waals surface area contributed by atoms with Crippen molar-refractivity contribution in [3.8, 4) is 0 Å². The van der Waals surface area contributed by atoms with Crippen molar-refractivity contribution in [1.29, 1.82) is 0 Å². The lowest BCUT2D eigenvalue weighted by atomic mass is 9.84. The number of hydrogen-bond donors (Lipinski definition) is 1. The quantitative estimate of drug-likeness (QED) is 0.792. The molecule has 3 rings (SSSR count). The van der Waals surface area contributed by atoms with Gasteiger partial charge in [-0.1, -0.05) is 68.9 Å². The number of aliphatic carboxylic acids is 1. The molecule has 0 spiro atoms. The van der Waals surface area contributed by atoms with Gasteiger partial charge in [0.05, 0.1) is 5.92 Å². The maximum absolute atomic E-state index is 10.4. The summed E-state index contributed by atoms with van der Waals surface area (Å²) in [5, 5.41) is 8.54. The summed E-state index contributed by atoms with van der Waals surface area (Å²) in [4.78, 5) is 10.4. The molecule has 0 aromatic heterocycles. The van der Waals surface area contributed by atoms with Crippen LogP contribution >= 0.6 is 0 Å². The van der Waals surface area contributed by atoms with Crippen LogP contribution in [0.4, 0.5) is 0 Å². The minimum atomic E-state index is -0.602. The fraction of sp³-hybridized carbons (Fsp3) is 0.632. The van der Waals surface area contributed by atoms with Crippen LogP contribution in [0.25, 0.3) is 0 Å². The van der Waals surface area contributed by atoms with E-state index in [4.69, 9.17) is 5.11 Å². The molecule has 2 saturated carbocycles. The van der Waals surface area contributed by atoms with E-state index >= 15 is 0 Å². The van der Waals surface area contributed by atoms with Crippen LogP contribution in [0.1, 0.15) is 75.7 Å². The standard InChI is InChI=1S/C12H16.C7H12O2/c1-3-7-11(8-4-1)12-9-5-2-6-10-12;8-7(9)6-4-2-1-3-5-6/h1,3-4,7-8,12H,2,5-6,9-10H2;6H,1-5H2,(H,8,9). The second-order valence-corrected chi connectivity index (χ2v) is 6.42. The molecule has 0 radical (unpaired) electrons. The van der Waals surface area contributed by atoms with Crippen LogP contribution in [0.2, 0.25) is 0 Å². The molecule has 2 aliphatic rings. The Kier molecular flexibility index (Phi) is 6.78. The Morgan fingerprint density at radius 2 is 1.33 bits per heavy atom. The summed E-state index contributed by atoms with van der Waals surface area (Å²) in [5.41, 5.74) is 1.55. The first-order valence-electron chi connectivity index (χ1n) is 8.55. The minimum absolute atomic E-state index is 0.0289. The van der Waals surface area contributed by atoms with Crippen LogP contribution in [0.5, 0.6) is 0 Å². The summed E-state index contributed by atoms with van der Waals surface area (Å²) in [5.74, 6) is 0.230. The third-order valence-corrected chi connectivity index (χ3v) is 4.83. The maximum atomic E-state index is 10.4. The summed E-state index contributed by atoms with van der Waals surface area (Å²) in [6.45, 7) is 0. The second kappa shape index (κ2) is 8.86. The number of benzene rings is 1. The average molecular weight is 288 g/mol. The molecule has 2 heteroatoms. The number of carboxylic acids is 1. The Morgan fingerprint density at radius 3 is 1.81 bits per heavy atom. The average Bonchev–Trinajstić information content (AvgIpc) is 2.58. The zero-order chi connectivity index (χ0) is 14.9. The zero-order valence-electron chi connectivity index (χ0n) is 13.0. The van der Waals surface area contributed by atoms with E-state index in [1.807, 2.05) is 0 Å². The Morgan fingerprint density at radius 1 is 0.810 bits per heavy atom. The third kappa shape index (κ3) is 5.53. The van der Waals surface area contributed by atoms with E-state index in [0.29, 0.717) is 0 Å². The zero-order valence-corrected chi connectivity index (χ0v) is 13.0. The molecule has 21 heavy (non-hydrogen) atoms. The second-order valence-electron chi connectivity index (χ2n) is 6.42. The summed E-state index contributed by atoms with van der Waals surface area (Å²) in [6.07, 6.45) is 12.4. The molecule has 116 valence electrons. The first-order valence-corrected chi connectivity index (χ1v) is 8.55. The minimum Gasteiger partial charge on any atom is -0.481 e. The van der Waals surface area contributed by atoms with Gasteiger partial charge >= 0.3 is 5.97 Å². The van der Waals surface area contributed by atoms with Crippen LogP contribution < -0.4 is 0 Å². The fourth-order valence-corrected chi connectivity index (χ4v) is 3.51. The Balaban J connectivity index is 0.000000161. The van der Waals surface area contributed by atoms with Crippen molar-refractivity contribution in [1.82, 2.24) is 0 Å². The van der Waals surface area contributed by atoms with Gasteiger partial charge in [0.15, 0.2) is 0 Å². The van der Waals surface area contributed by atoms with Crippen LogP contribution in [0.3, 0.4) is 0 Å². The van der Waals surface area contributed by atoms with Gasteiger partial charge in [0.1, 0.15) is 0 Å². The van der Waals surface area contributed by atoms with Crippen LogP contribution in [-0.4, -0.2) is 11.1 Å². The molecular weight excluding hydrogens is 260 g/mol. The molecule has 0 bridgehead atoms. The SMILES string of the molecule is O=C(O)C1CCCCC1.c1ccc(C2CCCCC2)cc1. The number of hydrogen-bond acceptors (Lipinski definition) is 1. The van der Waals surface area contributed by atoms with Crippen LogP contribution in [0, 0.1) is 5.92 Å². The van der Waals surface area contributed by atoms with E-state index in [1.165, 1.54) is 38.5 Å². The highest BCUT2D eigenvalue weighted by molar-refractivity contribution is 5.69. The van der Waals surface area contributed by atoms with Gasteiger partial charge in [-0.15, -0.1) is 0 Å². The van der Waals surface area contributed by atoms with Crippen molar-refractivity contribution >= 4 is 5.97 Å². The van der Waals surface area contributed by atoms with Gasteiger partial charge in [-0.25, -0.2) is 0 Å². The highest BCUT2D eigenvalue weighted by Crippen LogP contribution is 2.32. The molecule has 1 N–H and O–H groups in total. The molecular formula is C19H28O2. The van der Waals surface area contributed by atoms with E-state index in [2.05, 4.69) is 30.3 Å². The molecule has 0 heterocycles. The fourth-order valence-electron chi connectivity index (χ4n) is 3.51. The first-order chi connectivity index (χ1) is 10.3. The van der Waals surface area contributed by atoms with Crippen molar-refractivity contribution in [3.05, 3.63) is 35.9 Å². The smallest absolute Gasteiger partial charge is 0.306 e. The topological polar surface area (TPSA) is 37.3 Å². The summed E-state index contributed by atoms with van der Waals surface area (Å²) < 4.78 is 0. The monoisotopic (exact) mass is 288 g/mol. The van der Waals surface area contributed by atoms with Crippen LogP contribution in [0.15, 0.2) is 30.3 Å². The largest absolute Gasteiger partial charge is 0.481 e. The number of carboxylic acid groups (broad SMARTS) is 1. The van der Waals surface area contributed by atoms with Crippen molar-refractivity contribution < 1.29 is 9.90 Å². The van der Waals surface area contributed by atoms with E-state index < -0.39 is 5.97 Å². The number of rotatable bonds is 2. The molecule has 0 amide bonds. The summed E-state index contributed by atoms with van der Waals surface area (Å²) >= 11 is 0. The first kappa shape index (κ1) is 16.1. The summed E-state index contributed by atoms with van der Waals surface area (Å²) in [7, 11) is 0. The third-order valence-electron chi connectivity index (χ3n) is 4.83. The molecule has 2 aliphatic carbocycles. The van der Waals surface area contributed by atoms with Gasteiger partial charge in [0.2, 0.25) is 0 Å². The van der Waals surface area contributed by atoms with Gasteiger partial charge in [-0.3, -0.25) is 4.79 Å². The summed E-state index contributed by atoms with van der Waals surface area (Å²) in [6, 6.07) is 11.0. The van der Waals surface area contributed by atoms with Crippen molar-refractivity contribution in [2.75, 3.05) is 0 Å². The van der Waals surface area contributed by atoms with Gasteiger partial charge in [0.25, 0.3) is 0 Å². The van der Waals surface area contributed by atoms with E-state index in [0.717, 1.165) is 31.6 Å². The Bertz CT molecular complexity index is 401. The number of carbonyl (C=O) groups is 1. The lowest BCUT2D eigenvalue weighted by Gasteiger charge is -2.21.